The van der Waals surface area contributed by atoms with E-state index < -0.39 is 36.0 Å². The van der Waals surface area contributed by atoms with Crippen LogP contribution in [0, 0.1) is 0 Å². The molecule has 12 heteroatoms. The molecule has 192 valence electrons. The normalized spacial score (nSPS) is 12.4. The van der Waals surface area contributed by atoms with Crippen LogP contribution in [0.3, 0.4) is 0 Å². The molecule has 9 nitrogen and oxygen atoms in total. The predicted octanol–water partition coefficient (Wildman–Crippen LogP) is 4.79. The van der Waals surface area contributed by atoms with Crippen molar-refractivity contribution in [2.45, 2.75) is 25.7 Å². The van der Waals surface area contributed by atoms with Gasteiger partial charge in [-0.15, -0.1) is 11.3 Å². The van der Waals surface area contributed by atoms with Crippen molar-refractivity contribution < 1.29 is 29.0 Å². The van der Waals surface area contributed by atoms with Crippen LogP contribution in [-0.4, -0.2) is 35.4 Å². The van der Waals surface area contributed by atoms with Gasteiger partial charge in [0.15, 0.2) is 6.61 Å². The van der Waals surface area contributed by atoms with E-state index in [0.29, 0.717) is 15.6 Å². The molecule has 0 spiro atoms. The first-order valence-electron chi connectivity index (χ1n) is 11.1. The lowest BCUT2D eigenvalue weighted by Crippen LogP contribution is -2.23. The monoisotopic (exact) mass is 561 g/mol. The molecule has 0 saturated heterocycles. The Hall–Kier alpha value is -3.60. The van der Waals surface area contributed by atoms with Crippen LogP contribution in [0.4, 0.5) is 10.7 Å². The van der Waals surface area contributed by atoms with Crippen molar-refractivity contribution >= 4 is 68.9 Å². The van der Waals surface area contributed by atoms with Gasteiger partial charge in [0.05, 0.1) is 15.6 Å². The van der Waals surface area contributed by atoms with Crippen LogP contribution in [0.25, 0.3) is 0 Å². The van der Waals surface area contributed by atoms with Crippen molar-refractivity contribution in [2.24, 2.45) is 5.73 Å². The van der Waals surface area contributed by atoms with Gasteiger partial charge in [0.1, 0.15) is 16.3 Å². The number of carbonyl (C=O) groups is 4. The van der Waals surface area contributed by atoms with Crippen LogP contribution in [0.15, 0.2) is 36.4 Å². The SMILES string of the molecule is NC(=O)c1c(NC(=O)COC(=O)c2ccc(NC(=O)c3ccc(Cl)c(Cl)c3)cc2O)sc2c1CCCC2. The molecule has 0 atom stereocenters. The molecule has 1 aromatic heterocycles. The van der Waals surface area contributed by atoms with Gasteiger partial charge in [-0.3, -0.25) is 14.4 Å². The molecule has 0 radical (unpaired) electrons. The number of phenols is 1. The van der Waals surface area contributed by atoms with Crippen molar-refractivity contribution in [3.63, 3.8) is 0 Å². The van der Waals surface area contributed by atoms with Crippen LogP contribution < -0.4 is 16.4 Å². The minimum absolute atomic E-state index is 0.204. The molecule has 1 aliphatic rings. The summed E-state index contributed by atoms with van der Waals surface area (Å²) in [5, 5.41) is 16.3. The van der Waals surface area contributed by atoms with Crippen molar-refractivity contribution in [3.8, 4) is 5.75 Å². The molecule has 0 saturated carbocycles. The Bertz CT molecular complexity index is 1420. The molecule has 4 rings (SSSR count). The smallest absolute Gasteiger partial charge is 0.342 e. The van der Waals surface area contributed by atoms with Gasteiger partial charge in [0.2, 0.25) is 0 Å². The number of ether oxygens (including phenoxy) is 1. The van der Waals surface area contributed by atoms with Crippen molar-refractivity contribution in [1.29, 1.82) is 0 Å². The number of phenolic OH excluding ortho intramolecular Hbond substituents is 1. The summed E-state index contributed by atoms with van der Waals surface area (Å²) in [5.41, 5.74) is 6.95. The van der Waals surface area contributed by atoms with Crippen LogP contribution in [0.5, 0.6) is 5.75 Å². The summed E-state index contributed by atoms with van der Waals surface area (Å²) in [4.78, 5) is 50.2. The third-order valence-corrected chi connectivity index (χ3v) is 7.61. The molecule has 1 aliphatic carbocycles. The van der Waals surface area contributed by atoms with E-state index in [9.17, 15) is 24.3 Å². The zero-order valence-corrected chi connectivity index (χ0v) is 21.6. The molecule has 0 unspecified atom stereocenters. The van der Waals surface area contributed by atoms with E-state index in [1.165, 1.54) is 47.7 Å². The Balaban J connectivity index is 1.37. The predicted molar refractivity (Wildman–Crippen MR) is 141 cm³/mol. The lowest BCUT2D eigenvalue weighted by Gasteiger charge is -2.11. The molecule has 5 N–H and O–H groups in total. The number of anilines is 2. The van der Waals surface area contributed by atoms with E-state index in [4.69, 9.17) is 33.7 Å². The second-order valence-corrected chi connectivity index (χ2v) is 10.1. The Morgan fingerprint density at radius 1 is 1.00 bits per heavy atom. The number of carbonyl (C=O) groups excluding carboxylic acids is 4. The zero-order valence-electron chi connectivity index (χ0n) is 19.2. The first-order valence-corrected chi connectivity index (χ1v) is 12.7. The highest BCUT2D eigenvalue weighted by Crippen LogP contribution is 2.38. The third kappa shape index (κ3) is 6.04. The van der Waals surface area contributed by atoms with Gasteiger partial charge in [0, 0.05) is 22.2 Å². The summed E-state index contributed by atoms with van der Waals surface area (Å²) in [7, 11) is 0. The van der Waals surface area contributed by atoms with Gasteiger partial charge in [-0.1, -0.05) is 23.2 Å². The Labute approximate surface area is 225 Å². The van der Waals surface area contributed by atoms with E-state index in [1.54, 1.807) is 0 Å². The number of rotatable bonds is 7. The molecule has 3 amide bonds. The summed E-state index contributed by atoms with van der Waals surface area (Å²) in [6, 6.07) is 8.17. The van der Waals surface area contributed by atoms with Crippen molar-refractivity contribution in [1.82, 2.24) is 0 Å². The van der Waals surface area contributed by atoms with Crippen molar-refractivity contribution in [2.75, 3.05) is 17.2 Å². The summed E-state index contributed by atoms with van der Waals surface area (Å²) >= 11 is 13.1. The Kier molecular flexibility index (Phi) is 8.01. The number of amides is 3. The van der Waals surface area contributed by atoms with Crippen LogP contribution in [-0.2, 0) is 22.4 Å². The molecule has 37 heavy (non-hydrogen) atoms. The number of halogens is 2. The van der Waals surface area contributed by atoms with Gasteiger partial charge < -0.3 is 26.2 Å². The molecule has 2 aromatic carbocycles. The maximum Gasteiger partial charge on any atom is 0.342 e. The molecule has 1 heterocycles. The number of aryl methyl sites for hydroxylation is 1. The second-order valence-electron chi connectivity index (χ2n) is 8.22. The summed E-state index contributed by atoms with van der Waals surface area (Å²) < 4.78 is 5.02. The third-order valence-electron chi connectivity index (χ3n) is 5.66. The maximum atomic E-state index is 12.4. The van der Waals surface area contributed by atoms with Gasteiger partial charge in [-0.25, -0.2) is 4.79 Å². The summed E-state index contributed by atoms with van der Waals surface area (Å²) in [6.45, 7) is -0.644. The van der Waals surface area contributed by atoms with E-state index in [0.717, 1.165) is 36.1 Å². The first kappa shape index (κ1) is 26.5. The number of primary amides is 1. The average Bonchev–Trinajstić information content (AvgIpc) is 3.22. The summed E-state index contributed by atoms with van der Waals surface area (Å²) in [5.74, 6) is -3.19. The number of aromatic hydroxyl groups is 1. The number of thiophene rings is 1. The average molecular weight is 562 g/mol. The number of esters is 1. The van der Waals surface area contributed by atoms with Gasteiger partial charge >= 0.3 is 5.97 Å². The number of fused-ring (bicyclic) bond motifs is 1. The fourth-order valence-electron chi connectivity index (χ4n) is 3.91. The molecule has 0 bridgehead atoms. The molecule has 0 fully saturated rings. The minimum atomic E-state index is -0.949. The molecular formula is C25H21Cl2N3O6S. The topological polar surface area (TPSA) is 148 Å². The number of hydrogen-bond donors (Lipinski definition) is 4. The highest BCUT2D eigenvalue weighted by Gasteiger charge is 2.25. The van der Waals surface area contributed by atoms with E-state index >= 15 is 0 Å². The van der Waals surface area contributed by atoms with Gasteiger partial charge in [-0.2, -0.15) is 0 Å². The van der Waals surface area contributed by atoms with E-state index in [2.05, 4.69) is 10.6 Å². The lowest BCUT2D eigenvalue weighted by atomic mass is 9.95. The standard InChI is InChI=1S/C25H21Cl2N3O6S/c26-16-8-5-12(9-17(16)27)23(34)29-13-6-7-14(18(31)10-13)25(35)36-11-20(32)30-24-21(22(28)33)15-3-1-2-4-19(15)37-24/h5-10,31H,1-4,11H2,(H2,28,33)(H,29,34)(H,30,32). The first-order chi connectivity index (χ1) is 17.6. The molecule has 0 aliphatic heterocycles. The summed E-state index contributed by atoms with van der Waals surface area (Å²) in [6.07, 6.45) is 3.47. The number of nitrogens with one attached hydrogen (secondary N) is 2. The Morgan fingerprint density at radius 2 is 1.76 bits per heavy atom. The number of nitrogens with two attached hydrogens (primary N) is 1. The van der Waals surface area contributed by atoms with Crippen LogP contribution >= 0.6 is 34.5 Å². The number of benzene rings is 2. The fraction of sp³-hybridized carbons (Fsp3) is 0.200. The molecular weight excluding hydrogens is 541 g/mol. The maximum absolute atomic E-state index is 12.4. The lowest BCUT2D eigenvalue weighted by molar-refractivity contribution is -0.119. The van der Waals surface area contributed by atoms with Crippen LogP contribution in [0.1, 0.15) is 54.4 Å². The Morgan fingerprint density at radius 3 is 2.46 bits per heavy atom. The highest BCUT2D eigenvalue weighted by atomic mass is 35.5. The number of hydrogen-bond acceptors (Lipinski definition) is 7. The minimum Gasteiger partial charge on any atom is -0.507 e. The quantitative estimate of drug-likeness (QED) is 0.305. The van der Waals surface area contributed by atoms with E-state index in [1.807, 2.05) is 0 Å². The zero-order chi connectivity index (χ0) is 26.7. The fourth-order valence-corrected chi connectivity index (χ4v) is 5.52. The molecule has 3 aromatic rings. The highest BCUT2D eigenvalue weighted by molar-refractivity contribution is 7.17. The van der Waals surface area contributed by atoms with Crippen molar-refractivity contribution in [3.05, 3.63) is 73.6 Å². The van der Waals surface area contributed by atoms with Gasteiger partial charge in [0.25, 0.3) is 17.7 Å². The van der Waals surface area contributed by atoms with E-state index in [-0.39, 0.29) is 21.8 Å². The van der Waals surface area contributed by atoms with Crippen LogP contribution in [0.2, 0.25) is 10.0 Å². The largest absolute Gasteiger partial charge is 0.507 e. The van der Waals surface area contributed by atoms with Gasteiger partial charge in [-0.05, 0) is 61.6 Å². The second kappa shape index (κ2) is 11.2.